The normalized spacial score (nSPS) is 19.4. The summed E-state index contributed by atoms with van der Waals surface area (Å²) in [5, 5.41) is 0. The number of para-hydroxylation sites is 1. The molecule has 5 heteroatoms. The zero-order valence-corrected chi connectivity index (χ0v) is 13.7. The summed E-state index contributed by atoms with van der Waals surface area (Å²) >= 11 is 0. The number of likely N-dealkylation sites (tertiary alicyclic amines) is 1. The van der Waals surface area contributed by atoms with Crippen LogP contribution in [0, 0.1) is 6.92 Å². The molecule has 2 aromatic rings. The maximum absolute atomic E-state index is 12.9. The number of amides is 1. The van der Waals surface area contributed by atoms with E-state index in [1.54, 1.807) is 6.20 Å². The molecule has 5 nitrogen and oxygen atoms in total. The summed E-state index contributed by atoms with van der Waals surface area (Å²) in [4.78, 5) is 19.1. The van der Waals surface area contributed by atoms with Gasteiger partial charge in [0.15, 0.2) is 11.5 Å². The minimum absolute atomic E-state index is 0.0236. The number of aryl methyl sites for hydroxylation is 1. The monoisotopic (exact) mass is 324 g/mol. The highest BCUT2D eigenvalue weighted by Gasteiger charge is 2.34. The molecule has 0 bridgehead atoms. The maximum Gasteiger partial charge on any atom is 0.255 e. The summed E-state index contributed by atoms with van der Waals surface area (Å²) in [7, 11) is 0. The summed E-state index contributed by atoms with van der Waals surface area (Å²) in [5.74, 6) is 1.59. The highest BCUT2D eigenvalue weighted by Crippen LogP contribution is 2.43. The van der Waals surface area contributed by atoms with Crippen LogP contribution in [0.3, 0.4) is 0 Å². The fourth-order valence-electron chi connectivity index (χ4n) is 3.45. The van der Waals surface area contributed by atoms with Gasteiger partial charge in [0.1, 0.15) is 13.2 Å². The van der Waals surface area contributed by atoms with Gasteiger partial charge in [-0.2, -0.15) is 0 Å². The van der Waals surface area contributed by atoms with Crippen LogP contribution in [0.25, 0.3) is 0 Å². The van der Waals surface area contributed by atoms with Crippen molar-refractivity contribution in [2.24, 2.45) is 0 Å². The lowest BCUT2D eigenvalue weighted by Gasteiger charge is -2.29. The number of hydrogen-bond donors (Lipinski definition) is 0. The number of rotatable bonds is 2. The molecule has 1 amide bonds. The fourth-order valence-corrected chi connectivity index (χ4v) is 3.45. The minimum atomic E-state index is 0.0236. The maximum atomic E-state index is 12.9. The molecule has 0 spiro atoms. The Morgan fingerprint density at radius 1 is 1.21 bits per heavy atom. The van der Waals surface area contributed by atoms with Crippen molar-refractivity contribution in [2.75, 3.05) is 19.8 Å². The lowest BCUT2D eigenvalue weighted by atomic mass is 10.0. The highest BCUT2D eigenvalue weighted by atomic mass is 16.6. The standard InChI is InChI=1S/C19H20N2O3/c1-13-7-8-14(12-20-13)19(22)21-9-3-5-16(21)15-4-2-6-17-18(15)24-11-10-23-17/h2,4,6-8,12,16H,3,5,9-11H2,1H3/t16-/m1/s1. The number of ether oxygens (including phenoxy) is 2. The second kappa shape index (κ2) is 6.15. The second-order valence-electron chi connectivity index (χ2n) is 6.22. The molecule has 0 unspecified atom stereocenters. The fraction of sp³-hybridized carbons (Fsp3) is 0.368. The Balaban J connectivity index is 1.66. The zero-order chi connectivity index (χ0) is 16.5. The molecule has 1 atom stereocenters. The molecule has 0 N–H and O–H groups in total. The van der Waals surface area contributed by atoms with Gasteiger partial charge in [-0.3, -0.25) is 9.78 Å². The molecule has 24 heavy (non-hydrogen) atoms. The number of carbonyl (C=O) groups is 1. The van der Waals surface area contributed by atoms with Crippen LogP contribution in [0.15, 0.2) is 36.5 Å². The van der Waals surface area contributed by atoms with Gasteiger partial charge in [0.2, 0.25) is 0 Å². The summed E-state index contributed by atoms with van der Waals surface area (Å²) < 4.78 is 11.5. The zero-order valence-electron chi connectivity index (χ0n) is 13.7. The van der Waals surface area contributed by atoms with Crippen molar-refractivity contribution >= 4 is 5.91 Å². The molecule has 1 saturated heterocycles. The number of pyridine rings is 1. The van der Waals surface area contributed by atoms with Gasteiger partial charge in [-0.25, -0.2) is 0 Å². The van der Waals surface area contributed by atoms with Gasteiger partial charge in [-0.1, -0.05) is 12.1 Å². The van der Waals surface area contributed by atoms with E-state index in [2.05, 4.69) is 4.98 Å². The van der Waals surface area contributed by atoms with Crippen molar-refractivity contribution in [3.63, 3.8) is 0 Å². The van der Waals surface area contributed by atoms with Gasteiger partial charge in [-0.15, -0.1) is 0 Å². The molecule has 124 valence electrons. The summed E-state index contributed by atoms with van der Waals surface area (Å²) in [6, 6.07) is 9.67. The number of benzene rings is 1. The van der Waals surface area contributed by atoms with Crippen LogP contribution in [0.4, 0.5) is 0 Å². The first-order valence-electron chi connectivity index (χ1n) is 8.36. The third-order valence-corrected chi connectivity index (χ3v) is 4.63. The Kier molecular flexibility index (Phi) is 3.84. The predicted molar refractivity (Wildman–Crippen MR) is 89.4 cm³/mol. The molecule has 1 aromatic heterocycles. The molecule has 4 rings (SSSR count). The van der Waals surface area contributed by atoms with Crippen LogP contribution in [-0.2, 0) is 0 Å². The SMILES string of the molecule is Cc1ccc(C(=O)N2CCC[C@@H]2c2cccc3c2OCCO3)cn1. The quantitative estimate of drug-likeness (QED) is 0.851. The molecular formula is C19H20N2O3. The van der Waals surface area contributed by atoms with Gasteiger partial charge < -0.3 is 14.4 Å². The van der Waals surface area contributed by atoms with Crippen molar-refractivity contribution in [2.45, 2.75) is 25.8 Å². The Morgan fingerprint density at radius 2 is 2.08 bits per heavy atom. The number of aromatic nitrogens is 1. The lowest BCUT2D eigenvalue weighted by Crippen LogP contribution is -2.31. The molecule has 0 aliphatic carbocycles. The van der Waals surface area contributed by atoms with Crippen molar-refractivity contribution in [1.82, 2.24) is 9.88 Å². The van der Waals surface area contributed by atoms with Crippen molar-refractivity contribution in [3.05, 3.63) is 53.3 Å². The van der Waals surface area contributed by atoms with E-state index < -0.39 is 0 Å². The average molecular weight is 324 g/mol. The molecule has 2 aliphatic heterocycles. The molecule has 1 fully saturated rings. The van der Waals surface area contributed by atoms with E-state index in [1.807, 2.05) is 42.2 Å². The van der Waals surface area contributed by atoms with E-state index in [-0.39, 0.29) is 11.9 Å². The van der Waals surface area contributed by atoms with Crippen molar-refractivity contribution in [3.8, 4) is 11.5 Å². The molecule has 0 saturated carbocycles. The summed E-state index contributed by atoms with van der Waals surface area (Å²) in [5.41, 5.74) is 2.58. The Morgan fingerprint density at radius 3 is 2.92 bits per heavy atom. The van der Waals surface area contributed by atoms with Gasteiger partial charge in [0, 0.05) is 24.0 Å². The highest BCUT2D eigenvalue weighted by molar-refractivity contribution is 5.94. The third kappa shape index (κ3) is 2.60. The summed E-state index contributed by atoms with van der Waals surface area (Å²) in [6.45, 7) is 3.79. The van der Waals surface area contributed by atoms with Crippen LogP contribution >= 0.6 is 0 Å². The van der Waals surface area contributed by atoms with Gasteiger partial charge in [-0.05, 0) is 38.0 Å². The topological polar surface area (TPSA) is 51.7 Å². The summed E-state index contributed by atoms with van der Waals surface area (Å²) in [6.07, 6.45) is 3.58. The van der Waals surface area contributed by atoms with E-state index in [0.717, 1.165) is 42.1 Å². The molecule has 2 aliphatic rings. The Labute approximate surface area is 141 Å². The van der Waals surface area contributed by atoms with Crippen LogP contribution in [0.2, 0.25) is 0 Å². The molecule has 0 radical (unpaired) electrons. The number of carbonyl (C=O) groups excluding carboxylic acids is 1. The van der Waals surface area contributed by atoms with Crippen LogP contribution in [-0.4, -0.2) is 35.5 Å². The smallest absolute Gasteiger partial charge is 0.255 e. The van der Waals surface area contributed by atoms with E-state index in [4.69, 9.17) is 9.47 Å². The van der Waals surface area contributed by atoms with Crippen molar-refractivity contribution < 1.29 is 14.3 Å². The molecule has 3 heterocycles. The Bertz CT molecular complexity index is 758. The molecular weight excluding hydrogens is 304 g/mol. The predicted octanol–water partition coefficient (Wildman–Crippen LogP) is 3.14. The van der Waals surface area contributed by atoms with E-state index in [9.17, 15) is 4.79 Å². The van der Waals surface area contributed by atoms with Gasteiger partial charge in [0.05, 0.1) is 11.6 Å². The van der Waals surface area contributed by atoms with Crippen LogP contribution in [0.1, 0.15) is 40.5 Å². The second-order valence-corrected chi connectivity index (χ2v) is 6.22. The van der Waals surface area contributed by atoms with E-state index in [0.29, 0.717) is 18.8 Å². The molecule has 1 aromatic carbocycles. The Hall–Kier alpha value is -2.56. The minimum Gasteiger partial charge on any atom is -0.486 e. The van der Waals surface area contributed by atoms with Gasteiger partial charge >= 0.3 is 0 Å². The third-order valence-electron chi connectivity index (χ3n) is 4.63. The van der Waals surface area contributed by atoms with Gasteiger partial charge in [0.25, 0.3) is 5.91 Å². The number of nitrogens with zero attached hydrogens (tertiary/aromatic N) is 2. The van der Waals surface area contributed by atoms with Crippen molar-refractivity contribution in [1.29, 1.82) is 0 Å². The first-order chi connectivity index (χ1) is 11.7. The van der Waals surface area contributed by atoms with E-state index >= 15 is 0 Å². The number of hydrogen-bond acceptors (Lipinski definition) is 4. The largest absolute Gasteiger partial charge is 0.486 e. The first-order valence-corrected chi connectivity index (χ1v) is 8.36. The first kappa shape index (κ1) is 15.0. The van der Waals surface area contributed by atoms with Crippen LogP contribution in [0.5, 0.6) is 11.5 Å². The number of fused-ring (bicyclic) bond motifs is 1. The lowest BCUT2D eigenvalue weighted by molar-refractivity contribution is 0.0730. The van der Waals surface area contributed by atoms with Crippen LogP contribution < -0.4 is 9.47 Å². The average Bonchev–Trinajstić information content (AvgIpc) is 3.11. The van der Waals surface area contributed by atoms with E-state index in [1.165, 1.54) is 0 Å².